The summed E-state index contributed by atoms with van der Waals surface area (Å²) >= 11 is 0. The third-order valence-corrected chi connectivity index (χ3v) is 12.0. The molecule has 6 heteroatoms. The van der Waals surface area contributed by atoms with Crippen molar-refractivity contribution in [2.45, 2.75) is 19.3 Å². The number of benzene rings is 7. The fourth-order valence-corrected chi connectivity index (χ4v) is 8.91. The summed E-state index contributed by atoms with van der Waals surface area (Å²) in [5, 5.41) is 12.0. The third-order valence-electron chi connectivity index (χ3n) is 12.0. The van der Waals surface area contributed by atoms with Gasteiger partial charge in [0.2, 0.25) is 0 Å². The largest absolute Gasteiger partial charge is 0.309 e. The number of para-hydroxylation sites is 1. The minimum absolute atomic E-state index is 0.294. The molecule has 0 amide bonds. The van der Waals surface area contributed by atoms with Gasteiger partial charge >= 0.3 is 0 Å². The summed E-state index contributed by atoms with van der Waals surface area (Å²) in [6, 6.07) is 61.3. The molecule has 0 atom stereocenters. The van der Waals surface area contributed by atoms with Gasteiger partial charge in [-0.05, 0) is 93.0 Å². The minimum Gasteiger partial charge on any atom is -0.309 e. The zero-order chi connectivity index (χ0) is 40.4. The summed E-state index contributed by atoms with van der Waals surface area (Å²) in [5.41, 5.74) is 15.4. The SMILES string of the molecule is CC1(C)c2cc(C#N)ccc2-c2ccc(-c3cc(-c4nc(-c5ccccc5)nc(-c5ccc(-c6ccccc6)cc5)n4)cc(-n4c5ccccc5c5cnccc54)c3)cc21. The van der Waals surface area contributed by atoms with E-state index in [-0.39, 0.29) is 5.41 Å². The standard InChI is InChI=1S/C54H36N6/c1-54(2)47-27-34(32-55)17-23-43(47)44-24-22-39(31-48(44)54)40-28-41(30-42(29-40)60-49-16-10-9-15-45(49)46-33-56-26-25-50(46)60)53-58-51(37-13-7-4-8-14-37)57-52(59-53)38-20-18-36(19-21-38)35-11-5-3-6-12-35/h3-31,33H,1-2H3. The van der Waals surface area contributed by atoms with Crippen LogP contribution in [0.3, 0.4) is 0 Å². The van der Waals surface area contributed by atoms with Gasteiger partial charge in [0.15, 0.2) is 17.5 Å². The maximum absolute atomic E-state index is 9.75. The molecule has 0 saturated carbocycles. The van der Waals surface area contributed by atoms with Crippen molar-refractivity contribution in [1.82, 2.24) is 24.5 Å². The molecule has 3 heterocycles. The molecule has 0 unspecified atom stereocenters. The lowest BCUT2D eigenvalue weighted by atomic mass is 9.81. The van der Waals surface area contributed by atoms with Gasteiger partial charge in [-0.15, -0.1) is 0 Å². The predicted molar refractivity (Wildman–Crippen MR) is 241 cm³/mol. The highest BCUT2D eigenvalue weighted by atomic mass is 15.0. The van der Waals surface area contributed by atoms with E-state index in [4.69, 9.17) is 15.0 Å². The Bertz CT molecular complexity index is 3290. The van der Waals surface area contributed by atoms with Crippen LogP contribution in [0.25, 0.3) is 95.0 Å². The van der Waals surface area contributed by atoms with E-state index in [1.54, 1.807) is 0 Å². The van der Waals surface area contributed by atoms with Crippen LogP contribution in [0.4, 0.5) is 0 Å². The highest BCUT2D eigenvalue weighted by Crippen LogP contribution is 2.50. The maximum Gasteiger partial charge on any atom is 0.164 e. The van der Waals surface area contributed by atoms with Crippen LogP contribution in [0.15, 0.2) is 182 Å². The molecule has 0 N–H and O–H groups in total. The highest BCUT2D eigenvalue weighted by Gasteiger charge is 2.36. The molecule has 11 rings (SSSR count). The lowest BCUT2D eigenvalue weighted by molar-refractivity contribution is 0.660. The first-order valence-corrected chi connectivity index (χ1v) is 20.1. The molecule has 6 nitrogen and oxygen atoms in total. The lowest BCUT2D eigenvalue weighted by Crippen LogP contribution is -2.15. The van der Waals surface area contributed by atoms with Gasteiger partial charge in [-0.25, -0.2) is 15.0 Å². The fourth-order valence-electron chi connectivity index (χ4n) is 8.91. The monoisotopic (exact) mass is 768 g/mol. The Kier molecular flexibility index (Phi) is 8.11. The van der Waals surface area contributed by atoms with Gasteiger partial charge < -0.3 is 4.57 Å². The van der Waals surface area contributed by atoms with Crippen LogP contribution in [0, 0.1) is 11.3 Å². The third kappa shape index (κ3) is 5.79. The molecule has 0 saturated heterocycles. The summed E-state index contributed by atoms with van der Waals surface area (Å²) in [7, 11) is 0. The normalized spacial score (nSPS) is 12.6. The van der Waals surface area contributed by atoms with Gasteiger partial charge in [0.05, 0.1) is 22.7 Å². The predicted octanol–water partition coefficient (Wildman–Crippen LogP) is 12.9. The van der Waals surface area contributed by atoms with Gasteiger partial charge in [-0.2, -0.15) is 5.26 Å². The number of aromatic nitrogens is 5. The van der Waals surface area contributed by atoms with Crippen molar-refractivity contribution in [3.05, 3.63) is 199 Å². The van der Waals surface area contributed by atoms with Crippen LogP contribution in [-0.2, 0) is 5.41 Å². The zero-order valence-electron chi connectivity index (χ0n) is 33.0. The first-order chi connectivity index (χ1) is 29.4. The Morgan fingerprint density at radius 1 is 0.467 bits per heavy atom. The lowest BCUT2D eigenvalue weighted by Gasteiger charge is -2.22. The number of hydrogen-bond acceptors (Lipinski definition) is 5. The summed E-state index contributed by atoms with van der Waals surface area (Å²) in [4.78, 5) is 20.0. The van der Waals surface area contributed by atoms with Crippen LogP contribution in [0.2, 0.25) is 0 Å². The van der Waals surface area contributed by atoms with E-state index in [1.807, 2.05) is 60.9 Å². The number of rotatable bonds is 6. The average Bonchev–Trinajstić information content (AvgIpc) is 3.77. The molecule has 10 aromatic rings. The summed E-state index contributed by atoms with van der Waals surface area (Å²) in [5.74, 6) is 1.78. The van der Waals surface area contributed by atoms with Crippen molar-refractivity contribution in [3.63, 3.8) is 0 Å². The van der Waals surface area contributed by atoms with E-state index in [9.17, 15) is 5.26 Å². The van der Waals surface area contributed by atoms with E-state index in [1.165, 1.54) is 22.3 Å². The molecule has 0 radical (unpaired) electrons. The van der Waals surface area contributed by atoms with Crippen LogP contribution in [0.5, 0.6) is 0 Å². The molecule has 0 fully saturated rings. The van der Waals surface area contributed by atoms with Crippen molar-refractivity contribution in [3.8, 4) is 79.3 Å². The van der Waals surface area contributed by atoms with Crippen molar-refractivity contribution >= 4 is 21.8 Å². The van der Waals surface area contributed by atoms with Gasteiger partial charge in [0.25, 0.3) is 0 Å². The average molecular weight is 769 g/mol. The summed E-state index contributed by atoms with van der Waals surface area (Å²) < 4.78 is 2.32. The van der Waals surface area contributed by atoms with Crippen LogP contribution >= 0.6 is 0 Å². The molecule has 60 heavy (non-hydrogen) atoms. The van der Waals surface area contributed by atoms with E-state index >= 15 is 0 Å². The Morgan fingerprint density at radius 2 is 1.02 bits per heavy atom. The number of fused-ring (bicyclic) bond motifs is 6. The van der Waals surface area contributed by atoms with Crippen LogP contribution in [0.1, 0.15) is 30.5 Å². The molecular weight excluding hydrogens is 733 g/mol. The molecule has 0 aliphatic heterocycles. The van der Waals surface area contributed by atoms with Gasteiger partial charge in [0, 0.05) is 51.0 Å². The molecule has 1 aliphatic rings. The molecule has 7 aromatic carbocycles. The molecule has 3 aromatic heterocycles. The number of pyridine rings is 1. The highest BCUT2D eigenvalue weighted by molar-refractivity contribution is 6.09. The topological polar surface area (TPSA) is 80.3 Å². The molecule has 0 spiro atoms. The smallest absolute Gasteiger partial charge is 0.164 e. The van der Waals surface area contributed by atoms with E-state index in [0.717, 1.165) is 66.4 Å². The first-order valence-electron chi connectivity index (χ1n) is 20.1. The van der Waals surface area contributed by atoms with Crippen molar-refractivity contribution < 1.29 is 0 Å². The minimum atomic E-state index is -0.294. The van der Waals surface area contributed by atoms with Crippen LogP contribution in [-0.4, -0.2) is 24.5 Å². The van der Waals surface area contributed by atoms with E-state index in [2.05, 4.69) is 151 Å². The van der Waals surface area contributed by atoms with Crippen molar-refractivity contribution in [2.24, 2.45) is 0 Å². The number of nitriles is 1. The van der Waals surface area contributed by atoms with Crippen molar-refractivity contribution in [1.29, 1.82) is 5.26 Å². The van der Waals surface area contributed by atoms with Gasteiger partial charge in [-0.3, -0.25) is 4.98 Å². The van der Waals surface area contributed by atoms with Gasteiger partial charge in [-0.1, -0.05) is 135 Å². The summed E-state index contributed by atoms with van der Waals surface area (Å²) in [6.07, 6.45) is 3.80. The van der Waals surface area contributed by atoms with E-state index < -0.39 is 0 Å². The first kappa shape index (κ1) is 35.2. The maximum atomic E-state index is 9.75. The summed E-state index contributed by atoms with van der Waals surface area (Å²) in [6.45, 7) is 4.50. The number of nitrogens with zero attached hydrogens (tertiary/aromatic N) is 6. The number of hydrogen-bond donors (Lipinski definition) is 0. The Balaban J connectivity index is 1.13. The van der Waals surface area contributed by atoms with E-state index in [0.29, 0.717) is 23.0 Å². The second-order valence-electron chi connectivity index (χ2n) is 15.9. The molecule has 282 valence electrons. The second-order valence-corrected chi connectivity index (χ2v) is 15.9. The Hall–Kier alpha value is -8.01. The molecule has 0 bridgehead atoms. The Morgan fingerprint density at radius 3 is 1.75 bits per heavy atom. The molecular formula is C54H36N6. The Labute approximate surface area is 347 Å². The quantitative estimate of drug-likeness (QED) is 0.168. The van der Waals surface area contributed by atoms with Crippen LogP contribution < -0.4 is 0 Å². The fraction of sp³-hybridized carbons (Fsp3) is 0.0556. The second kappa shape index (κ2) is 13.8. The van der Waals surface area contributed by atoms with Gasteiger partial charge in [0.1, 0.15) is 0 Å². The zero-order valence-corrected chi connectivity index (χ0v) is 33.0. The molecule has 1 aliphatic carbocycles. The van der Waals surface area contributed by atoms with Crippen molar-refractivity contribution in [2.75, 3.05) is 0 Å².